The van der Waals surface area contributed by atoms with E-state index in [1.165, 1.54) is 12.1 Å². The number of aromatic amines is 1. The molecule has 2 N–H and O–H groups in total. The van der Waals surface area contributed by atoms with Crippen LogP contribution in [0.5, 0.6) is 0 Å². The van der Waals surface area contributed by atoms with Crippen LogP contribution in [0.4, 0.5) is 0 Å². The fourth-order valence-corrected chi connectivity index (χ4v) is 0.877. The average Bonchev–Trinajstić information content (AvgIpc) is 2.61. The maximum Gasteiger partial charge on any atom is 0.0357 e. The molecule has 0 bridgehead atoms. The van der Waals surface area contributed by atoms with E-state index in [9.17, 15) is 0 Å². The largest absolute Gasteiger partial charge is 0.364 e. The van der Waals surface area contributed by atoms with Crippen LogP contribution in [-0.2, 0) is 6.54 Å². The minimum atomic E-state index is 0.959. The summed E-state index contributed by atoms with van der Waals surface area (Å²) in [6, 6.07) is 4.10. The van der Waals surface area contributed by atoms with Crippen molar-refractivity contribution in [3.05, 3.63) is 24.0 Å². The van der Waals surface area contributed by atoms with E-state index in [0.717, 1.165) is 13.1 Å². The molecule has 1 heterocycles. The summed E-state index contributed by atoms with van der Waals surface area (Å²) in [5.74, 6) is 0. The molecule has 12 heavy (non-hydrogen) atoms. The Balaban J connectivity index is 0.000000561. The standard InChI is InChI=1S/C8H14N2.C2H6/c1-2-5-9-7-8-4-3-6-10-8;1-2/h3-4,6,9-10H,2,5,7H2,1H3;1-2H3. The lowest BCUT2D eigenvalue weighted by Gasteiger charge is -1.98. The molecule has 1 aromatic rings. The zero-order valence-corrected chi connectivity index (χ0v) is 8.35. The number of H-pyrrole nitrogens is 1. The van der Waals surface area contributed by atoms with Crippen molar-refractivity contribution in [1.29, 1.82) is 0 Å². The SMILES string of the molecule is CC.CCCNCc1ccc[nH]1. The van der Waals surface area contributed by atoms with Gasteiger partial charge in [0.2, 0.25) is 0 Å². The molecule has 0 saturated heterocycles. The zero-order chi connectivity index (χ0) is 9.23. The van der Waals surface area contributed by atoms with Gasteiger partial charge in [-0.3, -0.25) is 0 Å². The first-order chi connectivity index (χ1) is 5.93. The van der Waals surface area contributed by atoms with Crippen LogP contribution in [0, 0.1) is 0 Å². The summed E-state index contributed by atoms with van der Waals surface area (Å²) in [5.41, 5.74) is 1.26. The Hall–Kier alpha value is -0.760. The molecule has 0 atom stereocenters. The summed E-state index contributed by atoms with van der Waals surface area (Å²) in [4.78, 5) is 3.13. The van der Waals surface area contributed by atoms with Crippen LogP contribution in [-0.4, -0.2) is 11.5 Å². The van der Waals surface area contributed by atoms with Crippen LogP contribution in [0.1, 0.15) is 32.9 Å². The third-order valence-electron chi connectivity index (χ3n) is 1.40. The zero-order valence-electron chi connectivity index (χ0n) is 8.35. The second-order valence-corrected chi connectivity index (χ2v) is 2.37. The Morgan fingerprint density at radius 1 is 1.42 bits per heavy atom. The van der Waals surface area contributed by atoms with Crippen molar-refractivity contribution in [3.8, 4) is 0 Å². The highest BCUT2D eigenvalue weighted by molar-refractivity contribution is 5.02. The van der Waals surface area contributed by atoms with Gasteiger partial charge in [0.15, 0.2) is 0 Å². The Morgan fingerprint density at radius 2 is 2.17 bits per heavy atom. The van der Waals surface area contributed by atoms with Crippen molar-refractivity contribution in [2.45, 2.75) is 33.7 Å². The summed E-state index contributed by atoms with van der Waals surface area (Å²) in [6.07, 6.45) is 3.14. The maximum atomic E-state index is 3.31. The smallest absolute Gasteiger partial charge is 0.0357 e. The van der Waals surface area contributed by atoms with Crippen molar-refractivity contribution >= 4 is 0 Å². The minimum Gasteiger partial charge on any atom is -0.364 e. The second-order valence-electron chi connectivity index (χ2n) is 2.37. The molecule has 1 aromatic heterocycles. The van der Waals surface area contributed by atoms with E-state index in [1.807, 2.05) is 26.1 Å². The van der Waals surface area contributed by atoms with Gasteiger partial charge in [-0.15, -0.1) is 0 Å². The fourth-order valence-electron chi connectivity index (χ4n) is 0.877. The van der Waals surface area contributed by atoms with Gasteiger partial charge in [-0.25, -0.2) is 0 Å². The van der Waals surface area contributed by atoms with Gasteiger partial charge in [-0.05, 0) is 25.1 Å². The normalized spacial score (nSPS) is 8.92. The molecule has 2 nitrogen and oxygen atoms in total. The average molecular weight is 168 g/mol. The molecule has 0 saturated carbocycles. The number of aromatic nitrogens is 1. The van der Waals surface area contributed by atoms with E-state index in [0.29, 0.717) is 0 Å². The van der Waals surface area contributed by atoms with Crippen LogP contribution in [0.25, 0.3) is 0 Å². The number of hydrogen-bond donors (Lipinski definition) is 2. The monoisotopic (exact) mass is 168 g/mol. The van der Waals surface area contributed by atoms with Gasteiger partial charge in [0.1, 0.15) is 0 Å². The van der Waals surface area contributed by atoms with Crippen molar-refractivity contribution in [1.82, 2.24) is 10.3 Å². The first-order valence-electron chi connectivity index (χ1n) is 4.76. The maximum absolute atomic E-state index is 3.31. The highest BCUT2D eigenvalue weighted by atomic mass is 14.9. The van der Waals surface area contributed by atoms with E-state index in [1.54, 1.807) is 0 Å². The molecule has 70 valence electrons. The minimum absolute atomic E-state index is 0.959. The lowest BCUT2D eigenvalue weighted by Crippen LogP contribution is -2.13. The van der Waals surface area contributed by atoms with Gasteiger partial charge in [0, 0.05) is 18.4 Å². The van der Waals surface area contributed by atoms with Gasteiger partial charge in [0.05, 0.1) is 0 Å². The van der Waals surface area contributed by atoms with Crippen molar-refractivity contribution in [2.75, 3.05) is 6.54 Å². The van der Waals surface area contributed by atoms with Gasteiger partial charge in [0.25, 0.3) is 0 Å². The molecule has 0 aliphatic carbocycles. The number of hydrogen-bond acceptors (Lipinski definition) is 1. The molecule has 0 unspecified atom stereocenters. The van der Waals surface area contributed by atoms with Crippen LogP contribution in [0.15, 0.2) is 18.3 Å². The molecule has 0 amide bonds. The lowest BCUT2D eigenvalue weighted by molar-refractivity contribution is 0.667. The summed E-state index contributed by atoms with van der Waals surface area (Å²) in [7, 11) is 0. The van der Waals surface area contributed by atoms with Crippen LogP contribution in [0.2, 0.25) is 0 Å². The van der Waals surface area contributed by atoms with Crippen LogP contribution < -0.4 is 5.32 Å². The molecule has 0 aromatic carbocycles. The quantitative estimate of drug-likeness (QED) is 0.664. The Morgan fingerprint density at radius 3 is 2.67 bits per heavy atom. The van der Waals surface area contributed by atoms with Crippen molar-refractivity contribution in [3.63, 3.8) is 0 Å². The molecule has 0 radical (unpaired) electrons. The van der Waals surface area contributed by atoms with Crippen molar-refractivity contribution < 1.29 is 0 Å². The third kappa shape index (κ3) is 4.97. The first kappa shape index (κ1) is 11.2. The lowest BCUT2D eigenvalue weighted by atomic mass is 10.4. The van der Waals surface area contributed by atoms with Crippen molar-refractivity contribution in [2.24, 2.45) is 0 Å². The highest BCUT2D eigenvalue weighted by Gasteiger charge is 1.88. The van der Waals surface area contributed by atoms with Gasteiger partial charge < -0.3 is 10.3 Å². The second kappa shape index (κ2) is 8.34. The molecule has 0 aliphatic rings. The van der Waals surface area contributed by atoms with Crippen LogP contribution in [0.3, 0.4) is 0 Å². The third-order valence-corrected chi connectivity index (χ3v) is 1.40. The molecular weight excluding hydrogens is 148 g/mol. The summed E-state index contributed by atoms with van der Waals surface area (Å²) in [5, 5.41) is 3.31. The number of rotatable bonds is 4. The van der Waals surface area contributed by atoms with Gasteiger partial charge >= 0.3 is 0 Å². The summed E-state index contributed by atoms with van der Waals surface area (Å²) in [6.45, 7) is 8.22. The van der Waals surface area contributed by atoms with Gasteiger partial charge in [-0.1, -0.05) is 20.8 Å². The molecule has 0 fully saturated rings. The van der Waals surface area contributed by atoms with E-state index in [2.05, 4.69) is 23.3 Å². The summed E-state index contributed by atoms with van der Waals surface area (Å²) < 4.78 is 0. The predicted octanol–water partition coefficient (Wildman–Crippen LogP) is 2.54. The Bertz CT molecular complexity index is 156. The Kier molecular flexibility index (Phi) is 7.81. The molecule has 2 heteroatoms. The predicted molar refractivity (Wildman–Crippen MR) is 54.1 cm³/mol. The van der Waals surface area contributed by atoms with E-state index in [-0.39, 0.29) is 0 Å². The topological polar surface area (TPSA) is 27.8 Å². The van der Waals surface area contributed by atoms with Crippen LogP contribution >= 0.6 is 0 Å². The summed E-state index contributed by atoms with van der Waals surface area (Å²) >= 11 is 0. The number of nitrogens with one attached hydrogen (secondary N) is 2. The highest BCUT2D eigenvalue weighted by Crippen LogP contribution is 1.92. The molecule has 0 spiro atoms. The van der Waals surface area contributed by atoms with E-state index >= 15 is 0 Å². The van der Waals surface area contributed by atoms with E-state index in [4.69, 9.17) is 0 Å². The molecular formula is C10H20N2. The molecule has 1 rings (SSSR count). The Labute approximate surface area is 75.4 Å². The van der Waals surface area contributed by atoms with E-state index < -0.39 is 0 Å². The fraction of sp³-hybridized carbons (Fsp3) is 0.600. The van der Waals surface area contributed by atoms with Gasteiger partial charge in [-0.2, -0.15) is 0 Å². The molecule has 0 aliphatic heterocycles. The first-order valence-corrected chi connectivity index (χ1v) is 4.76.